The highest BCUT2D eigenvalue weighted by Gasteiger charge is 2.31. The summed E-state index contributed by atoms with van der Waals surface area (Å²) in [5.41, 5.74) is 4.28. The second-order valence-electron chi connectivity index (χ2n) is 6.60. The monoisotopic (exact) mass is 308 g/mol. The Morgan fingerprint density at radius 2 is 1.96 bits per heavy atom. The predicted molar refractivity (Wildman–Crippen MR) is 94.2 cm³/mol. The SMILES string of the molecule is COc1ccc2c(c1)CC[C@H]1CN(Cc3ccccc3)CCN21. The summed E-state index contributed by atoms with van der Waals surface area (Å²) in [5, 5.41) is 0. The van der Waals surface area contributed by atoms with Crippen LogP contribution in [0.25, 0.3) is 0 Å². The van der Waals surface area contributed by atoms with Gasteiger partial charge in [0.1, 0.15) is 5.75 Å². The fraction of sp³-hybridized carbons (Fsp3) is 0.400. The Morgan fingerprint density at radius 3 is 2.78 bits per heavy atom. The number of aryl methyl sites for hydroxylation is 1. The lowest BCUT2D eigenvalue weighted by Gasteiger charge is -2.46. The van der Waals surface area contributed by atoms with Crippen LogP contribution in [0.5, 0.6) is 5.75 Å². The molecule has 2 heterocycles. The number of ether oxygens (including phenoxy) is 1. The van der Waals surface area contributed by atoms with Crippen molar-refractivity contribution in [2.24, 2.45) is 0 Å². The quantitative estimate of drug-likeness (QED) is 0.865. The highest BCUT2D eigenvalue weighted by atomic mass is 16.5. The van der Waals surface area contributed by atoms with Crippen molar-refractivity contribution in [1.29, 1.82) is 0 Å². The van der Waals surface area contributed by atoms with E-state index in [9.17, 15) is 0 Å². The molecule has 0 N–H and O–H groups in total. The van der Waals surface area contributed by atoms with Gasteiger partial charge in [0.25, 0.3) is 0 Å². The van der Waals surface area contributed by atoms with Gasteiger partial charge in [0.15, 0.2) is 0 Å². The van der Waals surface area contributed by atoms with Gasteiger partial charge in [0, 0.05) is 37.9 Å². The van der Waals surface area contributed by atoms with Gasteiger partial charge >= 0.3 is 0 Å². The highest BCUT2D eigenvalue weighted by molar-refractivity contribution is 5.59. The topological polar surface area (TPSA) is 15.7 Å². The average molecular weight is 308 g/mol. The number of hydrogen-bond donors (Lipinski definition) is 0. The summed E-state index contributed by atoms with van der Waals surface area (Å²) in [4.78, 5) is 5.21. The summed E-state index contributed by atoms with van der Waals surface area (Å²) < 4.78 is 5.37. The van der Waals surface area contributed by atoms with Gasteiger partial charge in [-0.3, -0.25) is 4.90 Å². The van der Waals surface area contributed by atoms with Crippen LogP contribution in [0.1, 0.15) is 17.5 Å². The molecule has 0 unspecified atom stereocenters. The van der Waals surface area contributed by atoms with E-state index in [1.165, 1.54) is 29.8 Å². The lowest BCUT2D eigenvalue weighted by Crippen LogP contribution is -2.54. The van der Waals surface area contributed by atoms with E-state index < -0.39 is 0 Å². The normalized spacial score (nSPS) is 20.7. The minimum Gasteiger partial charge on any atom is -0.497 e. The lowest BCUT2D eigenvalue weighted by atomic mass is 9.93. The van der Waals surface area contributed by atoms with Crippen LogP contribution < -0.4 is 9.64 Å². The lowest BCUT2D eigenvalue weighted by molar-refractivity contribution is 0.206. The molecule has 0 aliphatic carbocycles. The predicted octanol–water partition coefficient (Wildman–Crippen LogP) is 3.33. The van der Waals surface area contributed by atoms with E-state index >= 15 is 0 Å². The number of fused-ring (bicyclic) bond motifs is 3. The number of methoxy groups -OCH3 is 1. The van der Waals surface area contributed by atoms with Crippen LogP contribution in [0, 0.1) is 0 Å². The van der Waals surface area contributed by atoms with Crippen LogP contribution in [0.4, 0.5) is 5.69 Å². The first kappa shape index (κ1) is 14.6. The Kier molecular flexibility index (Phi) is 3.96. The molecule has 2 aliphatic rings. The van der Waals surface area contributed by atoms with Crippen molar-refractivity contribution in [3.8, 4) is 5.75 Å². The Hall–Kier alpha value is -2.00. The summed E-state index contributed by atoms with van der Waals surface area (Å²) in [5.74, 6) is 0.977. The second-order valence-corrected chi connectivity index (χ2v) is 6.60. The van der Waals surface area contributed by atoms with Crippen molar-refractivity contribution in [2.75, 3.05) is 31.6 Å². The molecular weight excluding hydrogens is 284 g/mol. The van der Waals surface area contributed by atoms with Crippen molar-refractivity contribution < 1.29 is 4.74 Å². The molecule has 1 saturated heterocycles. The van der Waals surface area contributed by atoms with Crippen LogP contribution in [0.15, 0.2) is 48.5 Å². The number of nitrogens with zero attached hydrogens (tertiary/aromatic N) is 2. The minimum absolute atomic E-state index is 0.647. The van der Waals surface area contributed by atoms with Crippen LogP contribution in [0.3, 0.4) is 0 Å². The second kappa shape index (κ2) is 6.25. The largest absolute Gasteiger partial charge is 0.497 e. The van der Waals surface area contributed by atoms with E-state index in [1.54, 1.807) is 7.11 Å². The molecule has 3 nitrogen and oxygen atoms in total. The Bertz CT molecular complexity index is 671. The zero-order valence-electron chi connectivity index (χ0n) is 13.7. The zero-order chi connectivity index (χ0) is 15.6. The van der Waals surface area contributed by atoms with Crippen molar-refractivity contribution in [3.05, 3.63) is 59.7 Å². The first-order valence-electron chi connectivity index (χ1n) is 8.53. The number of hydrogen-bond acceptors (Lipinski definition) is 3. The van der Waals surface area contributed by atoms with Crippen LogP contribution >= 0.6 is 0 Å². The van der Waals surface area contributed by atoms with Gasteiger partial charge in [-0.15, -0.1) is 0 Å². The van der Waals surface area contributed by atoms with Crippen molar-refractivity contribution >= 4 is 5.69 Å². The van der Waals surface area contributed by atoms with Gasteiger partial charge in [0.05, 0.1) is 7.11 Å². The Balaban J connectivity index is 1.47. The summed E-state index contributed by atoms with van der Waals surface area (Å²) >= 11 is 0. The van der Waals surface area contributed by atoms with Gasteiger partial charge in [-0.1, -0.05) is 30.3 Å². The maximum Gasteiger partial charge on any atom is 0.119 e. The molecule has 1 fully saturated rings. The molecular formula is C20H24N2O. The molecule has 4 rings (SSSR count). The third kappa shape index (κ3) is 2.93. The van der Waals surface area contributed by atoms with Crippen molar-refractivity contribution in [3.63, 3.8) is 0 Å². The third-order valence-electron chi connectivity index (χ3n) is 5.16. The first-order chi connectivity index (χ1) is 11.3. The highest BCUT2D eigenvalue weighted by Crippen LogP contribution is 2.35. The van der Waals surface area contributed by atoms with E-state index in [-0.39, 0.29) is 0 Å². The van der Waals surface area contributed by atoms with Gasteiger partial charge < -0.3 is 9.64 Å². The summed E-state index contributed by atoms with van der Waals surface area (Å²) in [6.07, 6.45) is 2.40. The molecule has 0 spiro atoms. The Morgan fingerprint density at radius 1 is 1.09 bits per heavy atom. The number of rotatable bonds is 3. The summed E-state index contributed by atoms with van der Waals surface area (Å²) in [6, 6.07) is 18.0. The molecule has 3 heteroatoms. The zero-order valence-corrected chi connectivity index (χ0v) is 13.7. The van der Waals surface area contributed by atoms with Crippen LogP contribution in [-0.2, 0) is 13.0 Å². The molecule has 2 aliphatic heterocycles. The molecule has 0 bridgehead atoms. The molecule has 23 heavy (non-hydrogen) atoms. The fourth-order valence-corrected chi connectivity index (χ4v) is 3.96. The maximum atomic E-state index is 5.37. The van der Waals surface area contributed by atoms with Crippen molar-refractivity contribution in [2.45, 2.75) is 25.4 Å². The molecule has 2 aromatic carbocycles. The molecule has 0 aromatic heterocycles. The summed E-state index contributed by atoms with van der Waals surface area (Å²) in [6.45, 7) is 4.49. The van der Waals surface area contributed by atoms with E-state index in [1.807, 2.05) is 0 Å². The maximum absolute atomic E-state index is 5.37. The molecule has 1 atom stereocenters. The smallest absolute Gasteiger partial charge is 0.119 e. The third-order valence-corrected chi connectivity index (χ3v) is 5.16. The van der Waals surface area contributed by atoms with Crippen LogP contribution in [0.2, 0.25) is 0 Å². The molecule has 0 amide bonds. The molecule has 0 saturated carbocycles. The Labute approximate surface area is 138 Å². The average Bonchev–Trinajstić information content (AvgIpc) is 2.61. The molecule has 2 aromatic rings. The summed E-state index contributed by atoms with van der Waals surface area (Å²) in [7, 11) is 1.75. The number of benzene rings is 2. The molecule has 0 radical (unpaired) electrons. The number of piperazine rings is 1. The van der Waals surface area contributed by atoms with E-state index in [2.05, 4.69) is 58.3 Å². The minimum atomic E-state index is 0.647. The van der Waals surface area contributed by atoms with Crippen LogP contribution in [-0.4, -0.2) is 37.7 Å². The van der Waals surface area contributed by atoms with E-state index in [0.29, 0.717) is 6.04 Å². The van der Waals surface area contributed by atoms with Crippen molar-refractivity contribution in [1.82, 2.24) is 4.90 Å². The standard InChI is InChI=1S/C20H24N2O/c1-23-19-9-10-20-17(13-19)7-8-18-15-21(11-12-22(18)20)14-16-5-3-2-4-6-16/h2-6,9-10,13,18H,7-8,11-12,14-15H2,1H3/t18-/m0/s1. The van der Waals surface area contributed by atoms with Gasteiger partial charge in [0.2, 0.25) is 0 Å². The molecule has 120 valence electrons. The van der Waals surface area contributed by atoms with Gasteiger partial charge in [-0.2, -0.15) is 0 Å². The first-order valence-corrected chi connectivity index (χ1v) is 8.53. The number of anilines is 1. The van der Waals surface area contributed by atoms with Gasteiger partial charge in [-0.25, -0.2) is 0 Å². The fourth-order valence-electron chi connectivity index (χ4n) is 3.96. The van der Waals surface area contributed by atoms with E-state index in [0.717, 1.165) is 31.8 Å². The van der Waals surface area contributed by atoms with E-state index in [4.69, 9.17) is 4.74 Å². The van der Waals surface area contributed by atoms with Gasteiger partial charge in [-0.05, 0) is 42.2 Å².